The molecule has 1 atom stereocenters. The first-order valence-electron chi connectivity index (χ1n) is 11.3. The highest BCUT2D eigenvalue weighted by Gasteiger charge is 2.35. The SMILES string of the molecule is CCOC(=O)C1=C(C)N=c2sc(=Cc3ccc4c(c3)OCO4)c(=O)n2C1c1cc(OC)ccc1OC. The van der Waals surface area contributed by atoms with E-state index in [0.717, 1.165) is 5.56 Å². The van der Waals surface area contributed by atoms with E-state index in [-0.39, 0.29) is 24.5 Å². The largest absolute Gasteiger partial charge is 0.497 e. The van der Waals surface area contributed by atoms with Crippen molar-refractivity contribution in [3.05, 3.63) is 78.5 Å². The summed E-state index contributed by atoms with van der Waals surface area (Å²) in [6.07, 6.45) is 1.77. The van der Waals surface area contributed by atoms with E-state index in [1.54, 1.807) is 51.3 Å². The number of methoxy groups -OCH3 is 2. The molecule has 1 aromatic heterocycles. The van der Waals surface area contributed by atoms with Crippen molar-refractivity contribution in [3.8, 4) is 23.0 Å². The molecule has 9 nitrogen and oxygen atoms in total. The highest BCUT2D eigenvalue weighted by molar-refractivity contribution is 7.07. The van der Waals surface area contributed by atoms with Crippen LogP contribution >= 0.6 is 11.3 Å². The molecule has 3 aromatic rings. The summed E-state index contributed by atoms with van der Waals surface area (Å²) in [6, 6.07) is 9.92. The van der Waals surface area contributed by atoms with Crippen LogP contribution in [0.5, 0.6) is 23.0 Å². The smallest absolute Gasteiger partial charge is 0.338 e. The lowest BCUT2D eigenvalue weighted by molar-refractivity contribution is -0.139. The molecule has 186 valence electrons. The first-order valence-corrected chi connectivity index (χ1v) is 12.1. The number of fused-ring (bicyclic) bond motifs is 2. The normalized spacial score (nSPS) is 16.4. The van der Waals surface area contributed by atoms with Gasteiger partial charge in [0.05, 0.1) is 36.6 Å². The van der Waals surface area contributed by atoms with Gasteiger partial charge in [-0.1, -0.05) is 17.4 Å². The van der Waals surface area contributed by atoms with E-state index < -0.39 is 12.0 Å². The van der Waals surface area contributed by atoms with Crippen molar-refractivity contribution < 1.29 is 28.5 Å². The van der Waals surface area contributed by atoms with Crippen LogP contribution in [0.1, 0.15) is 31.0 Å². The summed E-state index contributed by atoms with van der Waals surface area (Å²) in [4.78, 5) is 32.0. The first-order chi connectivity index (χ1) is 17.4. The second kappa shape index (κ2) is 9.54. The molecule has 2 aliphatic rings. The molecule has 2 aliphatic heterocycles. The number of hydrogen-bond donors (Lipinski definition) is 0. The maximum absolute atomic E-state index is 13.8. The fourth-order valence-corrected chi connectivity index (χ4v) is 5.34. The van der Waals surface area contributed by atoms with Crippen LogP contribution in [-0.4, -0.2) is 38.2 Å². The summed E-state index contributed by atoms with van der Waals surface area (Å²) in [5, 5.41) is 0. The van der Waals surface area contributed by atoms with Gasteiger partial charge in [-0.3, -0.25) is 9.36 Å². The van der Waals surface area contributed by atoms with Gasteiger partial charge in [0.1, 0.15) is 17.5 Å². The number of thiazole rings is 1. The van der Waals surface area contributed by atoms with Gasteiger partial charge in [-0.25, -0.2) is 9.79 Å². The highest BCUT2D eigenvalue weighted by atomic mass is 32.1. The van der Waals surface area contributed by atoms with E-state index in [9.17, 15) is 9.59 Å². The minimum absolute atomic E-state index is 0.166. The van der Waals surface area contributed by atoms with Crippen LogP contribution in [0.2, 0.25) is 0 Å². The number of nitrogens with zero attached hydrogens (tertiary/aromatic N) is 2. The van der Waals surface area contributed by atoms with Crippen LogP contribution in [0.4, 0.5) is 0 Å². The van der Waals surface area contributed by atoms with Crippen LogP contribution in [0.15, 0.2) is 57.5 Å². The Balaban J connectivity index is 1.74. The summed E-state index contributed by atoms with van der Waals surface area (Å²) in [5.41, 5.74) is 1.82. The van der Waals surface area contributed by atoms with Crippen molar-refractivity contribution in [2.75, 3.05) is 27.6 Å². The number of rotatable bonds is 6. The lowest BCUT2D eigenvalue weighted by atomic mass is 9.94. The van der Waals surface area contributed by atoms with Crippen LogP contribution < -0.4 is 33.8 Å². The number of benzene rings is 2. The van der Waals surface area contributed by atoms with E-state index in [1.165, 1.54) is 23.0 Å². The molecule has 0 bridgehead atoms. The van der Waals surface area contributed by atoms with Crippen LogP contribution in [0, 0.1) is 0 Å². The van der Waals surface area contributed by atoms with Crippen molar-refractivity contribution >= 4 is 23.4 Å². The van der Waals surface area contributed by atoms with E-state index in [1.807, 2.05) is 12.1 Å². The fourth-order valence-electron chi connectivity index (χ4n) is 4.29. The number of allylic oxidation sites excluding steroid dienone is 1. The Kier molecular flexibility index (Phi) is 6.27. The number of aromatic nitrogens is 1. The molecule has 2 aromatic carbocycles. The van der Waals surface area contributed by atoms with Gasteiger partial charge < -0.3 is 23.7 Å². The van der Waals surface area contributed by atoms with Crippen LogP contribution in [-0.2, 0) is 9.53 Å². The quantitative estimate of drug-likeness (QED) is 0.472. The number of ether oxygens (including phenoxy) is 5. The molecule has 0 spiro atoms. The van der Waals surface area contributed by atoms with E-state index in [0.29, 0.717) is 43.6 Å². The summed E-state index contributed by atoms with van der Waals surface area (Å²) in [7, 11) is 3.09. The molecule has 0 saturated carbocycles. The van der Waals surface area contributed by atoms with Gasteiger partial charge in [-0.15, -0.1) is 0 Å². The fraction of sp³-hybridized carbons (Fsp3) is 0.269. The Morgan fingerprint density at radius 1 is 1.17 bits per heavy atom. The maximum Gasteiger partial charge on any atom is 0.338 e. The van der Waals surface area contributed by atoms with Gasteiger partial charge in [0.25, 0.3) is 5.56 Å². The zero-order valence-corrected chi connectivity index (χ0v) is 21.0. The summed E-state index contributed by atoms with van der Waals surface area (Å²) in [6.45, 7) is 3.82. The summed E-state index contributed by atoms with van der Waals surface area (Å²) in [5.74, 6) is 1.80. The van der Waals surface area contributed by atoms with Gasteiger partial charge in [0, 0.05) is 5.56 Å². The second-order valence-electron chi connectivity index (χ2n) is 8.02. The minimum atomic E-state index is -0.816. The number of carbonyl (C=O) groups excluding carboxylic acids is 1. The molecule has 1 unspecified atom stereocenters. The lowest BCUT2D eigenvalue weighted by Gasteiger charge is -2.26. The maximum atomic E-state index is 13.8. The van der Waals surface area contributed by atoms with E-state index >= 15 is 0 Å². The first kappa shape index (κ1) is 23.7. The molecule has 36 heavy (non-hydrogen) atoms. The van der Waals surface area contributed by atoms with Crippen molar-refractivity contribution in [1.29, 1.82) is 0 Å². The second-order valence-corrected chi connectivity index (χ2v) is 9.03. The van der Waals surface area contributed by atoms with Gasteiger partial charge >= 0.3 is 5.97 Å². The molecule has 0 radical (unpaired) electrons. The Hall–Kier alpha value is -4.05. The van der Waals surface area contributed by atoms with Gasteiger partial charge in [-0.05, 0) is 55.8 Å². The molecule has 10 heteroatoms. The Morgan fingerprint density at radius 3 is 2.72 bits per heavy atom. The third-order valence-corrected chi connectivity index (χ3v) is 6.93. The number of hydrogen-bond acceptors (Lipinski definition) is 9. The topological polar surface area (TPSA) is 97.6 Å². The third kappa shape index (κ3) is 4.03. The zero-order valence-electron chi connectivity index (χ0n) is 20.2. The van der Waals surface area contributed by atoms with Crippen molar-refractivity contribution in [3.63, 3.8) is 0 Å². The summed E-state index contributed by atoms with van der Waals surface area (Å²) < 4.78 is 29.2. The van der Waals surface area contributed by atoms with E-state index in [4.69, 9.17) is 23.7 Å². The molecule has 0 amide bonds. The van der Waals surface area contributed by atoms with Crippen LogP contribution in [0.25, 0.3) is 6.08 Å². The molecular weight excluding hydrogens is 484 g/mol. The average molecular weight is 509 g/mol. The van der Waals surface area contributed by atoms with Crippen LogP contribution in [0.3, 0.4) is 0 Å². The highest BCUT2D eigenvalue weighted by Crippen LogP contribution is 2.38. The molecule has 0 fully saturated rings. The third-order valence-electron chi connectivity index (χ3n) is 5.94. The average Bonchev–Trinajstić information content (AvgIpc) is 3.46. The molecule has 3 heterocycles. The molecule has 0 saturated heterocycles. The van der Waals surface area contributed by atoms with Crippen molar-refractivity contribution in [1.82, 2.24) is 4.57 Å². The lowest BCUT2D eigenvalue weighted by Crippen LogP contribution is -2.40. The Morgan fingerprint density at radius 2 is 1.97 bits per heavy atom. The Bertz CT molecular complexity index is 1570. The minimum Gasteiger partial charge on any atom is -0.497 e. The Labute approximate surface area is 210 Å². The molecule has 0 N–H and O–H groups in total. The van der Waals surface area contributed by atoms with E-state index in [2.05, 4.69) is 4.99 Å². The monoisotopic (exact) mass is 508 g/mol. The van der Waals surface area contributed by atoms with Gasteiger partial charge in [-0.2, -0.15) is 0 Å². The molecular formula is C26H24N2O7S. The zero-order chi connectivity index (χ0) is 25.4. The van der Waals surface area contributed by atoms with Crippen molar-refractivity contribution in [2.24, 2.45) is 4.99 Å². The van der Waals surface area contributed by atoms with Gasteiger partial charge in [0.2, 0.25) is 6.79 Å². The predicted octanol–water partition coefficient (Wildman–Crippen LogP) is 2.54. The molecule has 0 aliphatic carbocycles. The number of esters is 1. The number of carbonyl (C=O) groups is 1. The molecule has 5 rings (SSSR count). The standard InChI is InChI=1S/C26H24N2O7S/c1-5-33-25(30)22-14(2)27-26-28(23(22)17-12-16(31-3)7-9-18(17)32-4)24(29)21(36-26)11-15-6-8-19-20(10-15)35-13-34-19/h6-12,23H,5,13H2,1-4H3. The van der Waals surface area contributed by atoms with Gasteiger partial charge in [0.15, 0.2) is 16.3 Å². The predicted molar refractivity (Wildman–Crippen MR) is 133 cm³/mol. The summed E-state index contributed by atoms with van der Waals surface area (Å²) >= 11 is 1.24. The van der Waals surface area contributed by atoms with Crippen molar-refractivity contribution in [2.45, 2.75) is 19.9 Å².